The molecule has 1 aliphatic heterocycles. The van der Waals surface area contributed by atoms with E-state index < -0.39 is 0 Å². The molecule has 0 bridgehead atoms. The van der Waals surface area contributed by atoms with Gasteiger partial charge in [-0.1, -0.05) is 0 Å². The molecule has 0 aromatic rings. The van der Waals surface area contributed by atoms with Gasteiger partial charge in [0.25, 0.3) is 0 Å². The Bertz CT molecular complexity index is 235. The molecule has 0 radical (unpaired) electrons. The quantitative estimate of drug-likeness (QED) is 0.707. The average molecular weight is 229 g/mol. The highest BCUT2D eigenvalue weighted by Gasteiger charge is 2.27. The predicted molar refractivity (Wildman–Crippen MR) is 63.1 cm³/mol. The van der Waals surface area contributed by atoms with Crippen molar-refractivity contribution in [3.63, 3.8) is 0 Å². The summed E-state index contributed by atoms with van der Waals surface area (Å²) in [6, 6.07) is 0.289. The molecule has 1 fully saturated rings. The standard InChI is InChI=1S/C11H23N3O2/c1-4-13(3)11(15)7-14-6-10(5-12)16-8-9(14)2/h9-10H,4-8,12H2,1-3H3. The number of carbonyl (C=O) groups is 1. The second-order valence-corrected chi connectivity index (χ2v) is 4.38. The van der Waals surface area contributed by atoms with Gasteiger partial charge in [-0.3, -0.25) is 9.69 Å². The van der Waals surface area contributed by atoms with Gasteiger partial charge in [0, 0.05) is 32.7 Å². The molecule has 1 saturated heterocycles. The number of amides is 1. The average Bonchev–Trinajstić information content (AvgIpc) is 2.30. The lowest BCUT2D eigenvalue weighted by molar-refractivity contribution is -0.134. The van der Waals surface area contributed by atoms with Crippen LogP contribution in [0.4, 0.5) is 0 Å². The molecule has 0 aliphatic carbocycles. The zero-order chi connectivity index (χ0) is 12.1. The maximum absolute atomic E-state index is 11.8. The molecule has 16 heavy (non-hydrogen) atoms. The number of ether oxygens (including phenoxy) is 1. The van der Waals surface area contributed by atoms with E-state index in [1.165, 1.54) is 0 Å². The number of morpholine rings is 1. The summed E-state index contributed by atoms with van der Waals surface area (Å²) in [5.74, 6) is 0.159. The van der Waals surface area contributed by atoms with Crippen LogP contribution in [0, 0.1) is 0 Å². The Morgan fingerprint density at radius 3 is 2.88 bits per heavy atom. The zero-order valence-corrected chi connectivity index (χ0v) is 10.5. The van der Waals surface area contributed by atoms with Crippen molar-refractivity contribution < 1.29 is 9.53 Å². The van der Waals surface area contributed by atoms with Crippen LogP contribution < -0.4 is 5.73 Å². The highest BCUT2D eigenvalue weighted by Crippen LogP contribution is 2.10. The summed E-state index contributed by atoms with van der Waals surface area (Å²) in [4.78, 5) is 15.7. The van der Waals surface area contributed by atoms with E-state index in [0.717, 1.165) is 13.1 Å². The van der Waals surface area contributed by atoms with Crippen molar-refractivity contribution in [1.29, 1.82) is 0 Å². The van der Waals surface area contributed by atoms with Crippen molar-refractivity contribution in [3.8, 4) is 0 Å². The van der Waals surface area contributed by atoms with Crippen LogP contribution in [0.15, 0.2) is 0 Å². The minimum absolute atomic E-state index is 0.0657. The van der Waals surface area contributed by atoms with Crippen molar-refractivity contribution in [2.75, 3.05) is 39.8 Å². The second kappa shape index (κ2) is 6.18. The van der Waals surface area contributed by atoms with Crippen LogP contribution >= 0.6 is 0 Å². The Morgan fingerprint density at radius 1 is 1.62 bits per heavy atom. The lowest BCUT2D eigenvalue weighted by Gasteiger charge is -2.37. The van der Waals surface area contributed by atoms with E-state index in [-0.39, 0.29) is 18.1 Å². The van der Waals surface area contributed by atoms with Crippen LogP contribution in [-0.2, 0) is 9.53 Å². The van der Waals surface area contributed by atoms with Crippen LogP contribution in [0.2, 0.25) is 0 Å². The van der Waals surface area contributed by atoms with E-state index in [9.17, 15) is 4.79 Å². The molecule has 0 saturated carbocycles. The summed E-state index contributed by atoms with van der Waals surface area (Å²) in [7, 11) is 1.83. The first-order valence-electron chi connectivity index (χ1n) is 5.88. The maximum atomic E-state index is 11.8. The normalized spacial score (nSPS) is 26.8. The predicted octanol–water partition coefficient (Wildman–Crippen LogP) is -0.487. The van der Waals surface area contributed by atoms with Gasteiger partial charge >= 0.3 is 0 Å². The summed E-state index contributed by atoms with van der Waals surface area (Å²) in [5.41, 5.74) is 5.58. The van der Waals surface area contributed by atoms with E-state index >= 15 is 0 Å². The molecular formula is C11H23N3O2. The van der Waals surface area contributed by atoms with Gasteiger partial charge in [-0.2, -0.15) is 0 Å². The molecule has 1 rings (SSSR count). The zero-order valence-electron chi connectivity index (χ0n) is 10.5. The third-order valence-electron chi connectivity index (χ3n) is 3.14. The smallest absolute Gasteiger partial charge is 0.236 e. The summed E-state index contributed by atoms with van der Waals surface area (Å²) in [5, 5.41) is 0. The van der Waals surface area contributed by atoms with E-state index in [0.29, 0.717) is 19.7 Å². The van der Waals surface area contributed by atoms with Crippen LogP contribution in [0.5, 0.6) is 0 Å². The van der Waals surface area contributed by atoms with Crippen molar-refractivity contribution >= 4 is 5.91 Å². The number of hydrogen-bond donors (Lipinski definition) is 1. The SMILES string of the molecule is CCN(C)C(=O)CN1CC(CN)OCC1C. The van der Waals surface area contributed by atoms with E-state index in [2.05, 4.69) is 11.8 Å². The summed E-state index contributed by atoms with van der Waals surface area (Å²) in [6.45, 7) is 7.19. The highest BCUT2D eigenvalue weighted by atomic mass is 16.5. The van der Waals surface area contributed by atoms with Crippen LogP contribution in [0.25, 0.3) is 0 Å². The van der Waals surface area contributed by atoms with Gasteiger partial charge in [0.2, 0.25) is 5.91 Å². The minimum atomic E-state index is 0.0657. The Morgan fingerprint density at radius 2 is 2.31 bits per heavy atom. The number of hydrogen-bond acceptors (Lipinski definition) is 4. The second-order valence-electron chi connectivity index (χ2n) is 4.38. The largest absolute Gasteiger partial charge is 0.374 e. The lowest BCUT2D eigenvalue weighted by Crippen LogP contribution is -2.53. The van der Waals surface area contributed by atoms with Crippen LogP contribution in [0.1, 0.15) is 13.8 Å². The highest BCUT2D eigenvalue weighted by molar-refractivity contribution is 5.78. The summed E-state index contributed by atoms with van der Waals surface area (Å²) >= 11 is 0. The first-order valence-corrected chi connectivity index (χ1v) is 5.88. The first kappa shape index (κ1) is 13.4. The fourth-order valence-electron chi connectivity index (χ4n) is 1.71. The van der Waals surface area contributed by atoms with Crippen molar-refractivity contribution in [1.82, 2.24) is 9.80 Å². The lowest BCUT2D eigenvalue weighted by atomic mass is 10.2. The van der Waals surface area contributed by atoms with Crippen molar-refractivity contribution in [3.05, 3.63) is 0 Å². The number of nitrogens with zero attached hydrogens (tertiary/aromatic N) is 2. The summed E-state index contributed by atoms with van der Waals surface area (Å²) < 4.78 is 5.55. The first-order chi connectivity index (χ1) is 7.58. The van der Waals surface area contributed by atoms with Crippen molar-refractivity contribution in [2.45, 2.75) is 26.0 Å². The van der Waals surface area contributed by atoms with E-state index in [4.69, 9.17) is 10.5 Å². The van der Waals surface area contributed by atoms with Gasteiger partial charge in [-0.15, -0.1) is 0 Å². The fraction of sp³-hybridized carbons (Fsp3) is 0.909. The molecule has 1 amide bonds. The molecule has 1 aliphatic rings. The Hall–Kier alpha value is -0.650. The summed E-state index contributed by atoms with van der Waals surface area (Å²) in [6.07, 6.45) is 0.0657. The van der Waals surface area contributed by atoms with Crippen molar-refractivity contribution in [2.24, 2.45) is 5.73 Å². The minimum Gasteiger partial charge on any atom is -0.374 e. The van der Waals surface area contributed by atoms with Gasteiger partial charge in [0.1, 0.15) is 0 Å². The number of rotatable bonds is 4. The number of nitrogens with two attached hydrogens (primary N) is 1. The fourth-order valence-corrected chi connectivity index (χ4v) is 1.71. The number of carbonyl (C=O) groups excluding carboxylic acids is 1. The maximum Gasteiger partial charge on any atom is 0.236 e. The molecule has 0 aromatic carbocycles. The van der Waals surface area contributed by atoms with Crippen LogP contribution in [0.3, 0.4) is 0 Å². The van der Waals surface area contributed by atoms with Gasteiger partial charge in [-0.05, 0) is 13.8 Å². The molecule has 0 aromatic heterocycles. The van der Waals surface area contributed by atoms with Gasteiger partial charge < -0.3 is 15.4 Å². The molecule has 0 spiro atoms. The Labute approximate surface area is 97.5 Å². The van der Waals surface area contributed by atoms with Gasteiger partial charge in [0.05, 0.1) is 19.3 Å². The molecule has 5 heteroatoms. The van der Waals surface area contributed by atoms with Gasteiger partial charge in [-0.25, -0.2) is 0 Å². The molecule has 94 valence electrons. The topological polar surface area (TPSA) is 58.8 Å². The third kappa shape index (κ3) is 3.43. The molecule has 2 atom stereocenters. The molecule has 1 heterocycles. The third-order valence-corrected chi connectivity index (χ3v) is 3.14. The number of likely N-dealkylation sites (N-methyl/N-ethyl adjacent to an activating group) is 1. The molecule has 5 nitrogen and oxygen atoms in total. The Kier molecular flexibility index (Phi) is 5.18. The van der Waals surface area contributed by atoms with Gasteiger partial charge in [0.15, 0.2) is 0 Å². The Balaban J connectivity index is 2.47. The van der Waals surface area contributed by atoms with E-state index in [1.54, 1.807) is 4.90 Å². The molecule has 2 unspecified atom stereocenters. The molecule has 2 N–H and O–H groups in total. The monoisotopic (exact) mass is 229 g/mol. The molecular weight excluding hydrogens is 206 g/mol. The van der Waals surface area contributed by atoms with E-state index in [1.807, 2.05) is 14.0 Å². The van der Waals surface area contributed by atoms with Crippen LogP contribution in [-0.4, -0.2) is 67.7 Å².